The van der Waals surface area contributed by atoms with Crippen LogP contribution in [-0.4, -0.2) is 28.3 Å². The topological polar surface area (TPSA) is 84.3 Å². The van der Waals surface area contributed by atoms with E-state index in [2.05, 4.69) is 31.4 Å². The Morgan fingerprint density at radius 2 is 2.04 bits per heavy atom. The van der Waals surface area contributed by atoms with Gasteiger partial charge in [0.15, 0.2) is 5.01 Å². The van der Waals surface area contributed by atoms with Gasteiger partial charge in [-0.3, -0.25) is 10.1 Å². The summed E-state index contributed by atoms with van der Waals surface area (Å²) < 4.78 is 5.79. The Hall–Kier alpha value is -1.87. The van der Waals surface area contributed by atoms with Gasteiger partial charge in [-0.25, -0.2) is 0 Å². The molecule has 0 saturated carbocycles. The predicted molar refractivity (Wildman–Crippen MR) is 106 cm³/mol. The normalized spacial score (nSPS) is 10.6. The number of halogens is 3. The maximum Gasteiger partial charge on any atom is 0.257 e. The lowest BCUT2D eigenvalue weighted by Gasteiger charge is -2.05. The molecule has 0 saturated heterocycles. The third kappa shape index (κ3) is 3.93. The van der Waals surface area contributed by atoms with E-state index in [-0.39, 0.29) is 21.8 Å². The number of hydrogen-bond acceptors (Lipinski definition) is 6. The number of rotatable bonds is 4. The number of hydrogen-bond donors (Lipinski definition) is 2. The second kappa shape index (κ2) is 7.79. The molecule has 0 aliphatic heterocycles. The summed E-state index contributed by atoms with van der Waals surface area (Å²) in [6.07, 6.45) is 0. The van der Waals surface area contributed by atoms with Crippen molar-refractivity contribution < 1.29 is 14.6 Å². The van der Waals surface area contributed by atoms with E-state index >= 15 is 0 Å². The molecule has 0 aliphatic rings. The van der Waals surface area contributed by atoms with Crippen molar-refractivity contribution in [1.82, 2.24) is 10.2 Å². The summed E-state index contributed by atoms with van der Waals surface area (Å²) in [7, 11) is 1.54. The van der Waals surface area contributed by atoms with Gasteiger partial charge in [0, 0.05) is 10.6 Å². The fourth-order valence-corrected chi connectivity index (χ4v) is 3.88. The van der Waals surface area contributed by atoms with Crippen LogP contribution < -0.4 is 10.1 Å². The van der Waals surface area contributed by atoms with Crippen LogP contribution in [-0.2, 0) is 0 Å². The molecule has 2 aromatic carbocycles. The first-order chi connectivity index (χ1) is 12.4. The largest absolute Gasteiger partial charge is 0.506 e. The number of carbonyl (C=O) groups is 1. The van der Waals surface area contributed by atoms with Crippen molar-refractivity contribution in [3.8, 4) is 22.1 Å². The van der Waals surface area contributed by atoms with Gasteiger partial charge in [0.25, 0.3) is 5.91 Å². The van der Waals surface area contributed by atoms with Crippen molar-refractivity contribution in [3.63, 3.8) is 0 Å². The van der Waals surface area contributed by atoms with Crippen LogP contribution >= 0.6 is 50.5 Å². The van der Waals surface area contributed by atoms with Gasteiger partial charge in [0.2, 0.25) is 5.13 Å². The van der Waals surface area contributed by atoms with E-state index in [0.29, 0.717) is 31.4 Å². The molecular formula is C16H10BrCl2N3O3S. The first-order valence-electron chi connectivity index (χ1n) is 7.06. The third-order valence-corrected chi connectivity index (χ3v) is 5.32. The Kier molecular flexibility index (Phi) is 5.67. The highest BCUT2D eigenvalue weighted by Gasteiger charge is 2.16. The highest BCUT2D eigenvalue weighted by Crippen LogP contribution is 2.39. The molecule has 134 valence electrons. The van der Waals surface area contributed by atoms with Crippen LogP contribution in [0.3, 0.4) is 0 Å². The highest BCUT2D eigenvalue weighted by atomic mass is 79.9. The molecule has 0 bridgehead atoms. The maximum absolute atomic E-state index is 12.4. The lowest BCUT2D eigenvalue weighted by atomic mass is 10.2. The fraction of sp³-hybridized carbons (Fsp3) is 0.0625. The molecule has 10 heteroatoms. The number of carbonyl (C=O) groups excluding carboxylic acids is 1. The number of benzene rings is 2. The predicted octanol–water partition coefficient (Wildman–Crippen LogP) is 5.24. The van der Waals surface area contributed by atoms with Gasteiger partial charge in [-0.2, -0.15) is 0 Å². The quantitative estimate of drug-likeness (QED) is 0.540. The van der Waals surface area contributed by atoms with Crippen LogP contribution in [0.5, 0.6) is 11.5 Å². The maximum atomic E-state index is 12.4. The molecule has 0 radical (unpaired) electrons. The van der Waals surface area contributed by atoms with Gasteiger partial charge >= 0.3 is 0 Å². The number of nitrogens with zero attached hydrogens (tertiary/aromatic N) is 2. The lowest BCUT2D eigenvalue weighted by Crippen LogP contribution is -2.11. The first kappa shape index (κ1) is 18.9. The Morgan fingerprint density at radius 1 is 1.27 bits per heavy atom. The highest BCUT2D eigenvalue weighted by molar-refractivity contribution is 9.10. The zero-order chi connectivity index (χ0) is 18.8. The van der Waals surface area contributed by atoms with Crippen LogP contribution in [0.25, 0.3) is 10.6 Å². The van der Waals surface area contributed by atoms with Crippen LogP contribution in [0.2, 0.25) is 10.0 Å². The van der Waals surface area contributed by atoms with E-state index in [4.69, 9.17) is 27.9 Å². The molecule has 26 heavy (non-hydrogen) atoms. The van der Waals surface area contributed by atoms with E-state index in [1.807, 2.05) is 0 Å². The SMILES string of the molecule is COc1ccc(C(=O)Nc2nnc(-c3cc(Cl)cc(Cl)c3O)s2)cc1Br. The fourth-order valence-electron chi connectivity index (χ4n) is 2.09. The second-order valence-corrected chi connectivity index (χ2v) is 7.68. The standard InChI is InChI=1S/C16H10BrCl2N3O3S/c1-25-12-3-2-7(4-10(12)17)14(24)20-16-22-21-15(26-16)9-5-8(18)6-11(19)13(9)23/h2-6,23H,1H3,(H,20,22,24). The van der Waals surface area contributed by atoms with E-state index in [9.17, 15) is 9.90 Å². The zero-order valence-electron chi connectivity index (χ0n) is 13.1. The lowest BCUT2D eigenvalue weighted by molar-refractivity contribution is 0.102. The minimum atomic E-state index is -0.357. The van der Waals surface area contributed by atoms with E-state index < -0.39 is 0 Å². The average Bonchev–Trinajstić information content (AvgIpc) is 3.06. The summed E-state index contributed by atoms with van der Waals surface area (Å²) in [5, 5.41) is 21.7. The molecule has 1 aromatic heterocycles. The van der Waals surface area contributed by atoms with Gasteiger partial charge in [0.05, 0.1) is 22.2 Å². The van der Waals surface area contributed by atoms with E-state index in [1.54, 1.807) is 25.3 Å². The molecule has 3 aromatic rings. The van der Waals surface area contributed by atoms with Gasteiger partial charge in [-0.1, -0.05) is 34.5 Å². The number of nitrogens with one attached hydrogen (secondary N) is 1. The Labute approximate surface area is 170 Å². The number of aromatic hydroxyl groups is 1. The zero-order valence-corrected chi connectivity index (χ0v) is 17.0. The van der Waals surface area contributed by atoms with E-state index in [1.165, 1.54) is 12.1 Å². The van der Waals surface area contributed by atoms with Crippen molar-refractivity contribution in [3.05, 3.63) is 50.4 Å². The number of anilines is 1. The average molecular weight is 475 g/mol. The summed E-state index contributed by atoms with van der Waals surface area (Å²) in [6.45, 7) is 0. The molecule has 1 heterocycles. The summed E-state index contributed by atoms with van der Waals surface area (Å²) in [6, 6.07) is 7.89. The molecule has 0 unspecified atom stereocenters. The van der Waals surface area contributed by atoms with Crippen LogP contribution in [0.1, 0.15) is 10.4 Å². The molecule has 2 N–H and O–H groups in total. The number of ether oxygens (including phenoxy) is 1. The van der Waals surface area contributed by atoms with Gasteiger partial charge in [-0.15, -0.1) is 10.2 Å². The van der Waals surface area contributed by atoms with Crippen LogP contribution in [0.15, 0.2) is 34.8 Å². The Morgan fingerprint density at radius 3 is 2.73 bits per heavy atom. The Balaban J connectivity index is 1.83. The number of phenolic OH excluding ortho intramolecular Hbond substituents is 1. The molecular weight excluding hydrogens is 465 g/mol. The number of methoxy groups -OCH3 is 1. The van der Waals surface area contributed by atoms with E-state index in [0.717, 1.165) is 11.3 Å². The van der Waals surface area contributed by atoms with Crippen LogP contribution in [0.4, 0.5) is 5.13 Å². The van der Waals surface area contributed by atoms with Crippen molar-refractivity contribution in [1.29, 1.82) is 0 Å². The molecule has 0 spiro atoms. The minimum absolute atomic E-state index is 0.108. The number of aromatic nitrogens is 2. The minimum Gasteiger partial charge on any atom is -0.506 e. The van der Waals surface area contributed by atoms with Crippen molar-refractivity contribution in [2.45, 2.75) is 0 Å². The van der Waals surface area contributed by atoms with Crippen molar-refractivity contribution >= 4 is 61.5 Å². The molecule has 3 rings (SSSR count). The van der Waals surface area contributed by atoms with Crippen molar-refractivity contribution in [2.75, 3.05) is 12.4 Å². The molecule has 6 nitrogen and oxygen atoms in total. The monoisotopic (exact) mass is 473 g/mol. The summed E-state index contributed by atoms with van der Waals surface area (Å²) in [5.41, 5.74) is 0.760. The first-order valence-corrected chi connectivity index (χ1v) is 9.42. The molecule has 0 fully saturated rings. The summed E-state index contributed by atoms with van der Waals surface area (Å²) in [4.78, 5) is 12.4. The molecule has 1 amide bonds. The molecule has 0 aliphatic carbocycles. The number of phenols is 1. The van der Waals surface area contributed by atoms with Gasteiger partial charge in [-0.05, 0) is 46.3 Å². The summed E-state index contributed by atoms with van der Waals surface area (Å²) in [5.74, 6) is 0.113. The molecule has 0 atom stereocenters. The second-order valence-electron chi connectivity index (χ2n) is 5.00. The van der Waals surface area contributed by atoms with Gasteiger partial charge in [0.1, 0.15) is 11.5 Å². The smallest absolute Gasteiger partial charge is 0.257 e. The third-order valence-electron chi connectivity index (χ3n) is 3.32. The Bertz CT molecular complexity index is 997. The van der Waals surface area contributed by atoms with Gasteiger partial charge < -0.3 is 9.84 Å². The van der Waals surface area contributed by atoms with Crippen LogP contribution in [0, 0.1) is 0 Å². The number of amides is 1. The van der Waals surface area contributed by atoms with Crippen molar-refractivity contribution in [2.24, 2.45) is 0 Å². The summed E-state index contributed by atoms with van der Waals surface area (Å²) >= 11 is 16.3.